The molecule has 6 heteroatoms. The van der Waals surface area contributed by atoms with Crippen molar-refractivity contribution in [1.29, 1.82) is 0 Å². The SMILES string of the molecule is CN1CCC(Nc2cccc(Cl)c2-n2cncn2)CC1. The molecule has 2 heterocycles. The Kier molecular flexibility index (Phi) is 3.89. The highest BCUT2D eigenvalue weighted by molar-refractivity contribution is 6.33. The van der Waals surface area contributed by atoms with Crippen LogP contribution in [0.25, 0.3) is 5.69 Å². The van der Waals surface area contributed by atoms with Crippen molar-refractivity contribution < 1.29 is 0 Å². The Morgan fingerprint density at radius 2 is 2.10 bits per heavy atom. The molecule has 1 aliphatic rings. The van der Waals surface area contributed by atoms with Crippen molar-refractivity contribution in [2.45, 2.75) is 18.9 Å². The van der Waals surface area contributed by atoms with E-state index in [4.69, 9.17) is 11.6 Å². The number of para-hydroxylation sites is 1. The van der Waals surface area contributed by atoms with Crippen molar-refractivity contribution in [2.24, 2.45) is 0 Å². The second kappa shape index (κ2) is 5.81. The summed E-state index contributed by atoms with van der Waals surface area (Å²) in [5.74, 6) is 0. The van der Waals surface area contributed by atoms with E-state index in [9.17, 15) is 0 Å². The Labute approximate surface area is 123 Å². The lowest BCUT2D eigenvalue weighted by molar-refractivity contribution is 0.264. The smallest absolute Gasteiger partial charge is 0.138 e. The quantitative estimate of drug-likeness (QED) is 0.943. The van der Waals surface area contributed by atoms with E-state index in [1.165, 1.54) is 6.33 Å². The summed E-state index contributed by atoms with van der Waals surface area (Å²) in [4.78, 5) is 6.35. The van der Waals surface area contributed by atoms with E-state index in [0.29, 0.717) is 11.1 Å². The maximum Gasteiger partial charge on any atom is 0.138 e. The topological polar surface area (TPSA) is 46.0 Å². The molecule has 20 heavy (non-hydrogen) atoms. The summed E-state index contributed by atoms with van der Waals surface area (Å²) >= 11 is 6.32. The average molecular weight is 292 g/mol. The highest BCUT2D eigenvalue weighted by atomic mass is 35.5. The number of hydrogen-bond donors (Lipinski definition) is 1. The zero-order chi connectivity index (χ0) is 13.9. The molecule has 5 nitrogen and oxygen atoms in total. The molecule has 0 unspecified atom stereocenters. The monoisotopic (exact) mass is 291 g/mol. The van der Waals surface area contributed by atoms with Crippen LogP contribution in [0.2, 0.25) is 5.02 Å². The second-order valence-corrected chi connectivity index (χ2v) is 5.61. The predicted octanol–water partition coefficient (Wildman–Crippen LogP) is 2.43. The van der Waals surface area contributed by atoms with Gasteiger partial charge in [0, 0.05) is 6.04 Å². The number of anilines is 1. The molecular formula is C14H18ClN5. The Morgan fingerprint density at radius 1 is 1.30 bits per heavy atom. The fraction of sp³-hybridized carbons (Fsp3) is 0.429. The number of aromatic nitrogens is 3. The van der Waals surface area contributed by atoms with Gasteiger partial charge in [-0.05, 0) is 45.1 Å². The number of piperidine rings is 1. The second-order valence-electron chi connectivity index (χ2n) is 5.20. The zero-order valence-electron chi connectivity index (χ0n) is 11.5. The van der Waals surface area contributed by atoms with Gasteiger partial charge in [-0.3, -0.25) is 0 Å². The van der Waals surface area contributed by atoms with Crippen LogP contribution in [-0.2, 0) is 0 Å². The molecule has 3 rings (SSSR count). The summed E-state index contributed by atoms with van der Waals surface area (Å²) in [5.41, 5.74) is 1.88. The molecule has 0 radical (unpaired) electrons. The molecule has 0 atom stereocenters. The first-order valence-corrected chi connectivity index (χ1v) is 7.20. The number of likely N-dealkylation sites (tertiary alicyclic amines) is 1. The molecule has 1 saturated heterocycles. The van der Waals surface area contributed by atoms with Crippen LogP contribution in [0, 0.1) is 0 Å². The van der Waals surface area contributed by atoms with Crippen molar-refractivity contribution >= 4 is 17.3 Å². The molecule has 0 amide bonds. The molecule has 2 aromatic rings. The minimum absolute atomic E-state index is 0.479. The van der Waals surface area contributed by atoms with Crippen molar-refractivity contribution in [2.75, 3.05) is 25.5 Å². The van der Waals surface area contributed by atoms with Crippen molar-refractivity contribution in [3.8, 4) is 5.69 Å². The standard InChI is InChI=1S/C14H18ClN5/c1-19-7-5-11(6-8-19)18-13-4-2-3-12(15)14(13)20-10-16-9-17-20/h2-4,9-11,18H,5-8H2,1H3. The van der Waals surface area contributed by atoms with Crippen LogP contribution in [0.1, 0.15) is 12.8 Å². The van der Waals surface area contributed by atoms with E-state index >= 15 is 0 Å². The van der Waals surface area contributed by atoms with E-state index in [-0.39, 0.29) is 0 Å². The third-order valence-electron chi connectivity index (χ3n) is 3.71. The van der Waals surface area contributed by atoms with Crippen LogP contribution in [0.4, 0.5) is 5.69 Å². The van der Waals surface area contributed by atoms with Gasteiger partial charge >= 0.3 is 0 Å². The Hall–Kier alpha value is -1.59. The maximum atomic E-state index is 6.32. The van der Waals surface area contributed by atoms with Gasteiger partial charge in [0.2, 0.25) is 0 Å². The van der Waals surface area contributed by atoms with Crippen molar-refractivity contribution in [1.82, 2.24) is 19.7 Å². The minimum Gasteiger partial charge on any atom is -0.380 e. The summed E-state index contributed by atoms with van der Waals surface area (Å²) < 4.78 is 1.71. The van der Waals surface area contributed by atoms with Gasteiger partial charge in [0.15, 0.2) is 0 Å². The zero-order valence-corrected chi connectivity index (χ0v) is 12.2. The highest BCUT2D eigenvalue weighted by Gasteiger charge is 2.18. The molecule has 1 aromatic heterocycles. The number of nitrogens with zero attached hydrogens (tertiary/aromatic N) is 4. The summed E-state index contributed by atoms with van der Waals surface area (Å²) in [6, 6.07) is 6.35. The van der Waals surface area contributed by atoms with E-state index in [0.717, 1.165) is 37.3 Å². The number of rotatable bonds is 3. The summed E-state index contributed by atoms with van der Waals surface area (Å²) in [6.45, 7) is 2.24. The van der Waals surface area contributed by atoms with E-state index in [1.807, 2.05) is 18.2 Å². The third kappa shape index (κ3) is 2.78. The molecule has 0 bridgehead atoms. The van der Waals surface area contributed by atoms with Gasteiger partial charge < -0.3 is 10.2 Å². The van der Waals surface area contributed by atoms with Crippen molar-refractivity contribution in [3.63, 3.8) is 0 Å². The van der Waals surface area contributed by atoms with Crippen LogP contribution in [0.15, 0.2) is 30.9 Å². The summed E-state index contributed by atoms with van der Waals surface area (Å²) in [6.07, 6.45) is 5.46. The summed E-state index contributed by atoms with van der Waals surface area (Å²) in [5, 5.41) is 8.46. The first-order valence-electron chi connectivity index (χ1n) is 6.82. The maximum absolute atomic E-state index is 6.32. The Bertz CT molecular complexity index is 561. The van der Waals surface area contributed by atoms with Gasteiger partial charge in [0.25, 0.3) is 0 Å². The lowest BCUT2D eigenvalue weighted by Gasteiger charge is -2.30. The van der Waals surface area contributed by atoms with E-state index in [1.54, 1.807) is 11.0 Å². The Balaban J connectivity index is 1.85. The van der Waals surface area contributed by atoms with Crippen LogP contribution in [0.5, 0.6) is 0 Å². The van der Waals surface area contributed by atoms with E-state index < -0.39 is 0 Å². The Morgan fingerprint density at radius 3 is 2.80 bits per heavy atom. The largest absolute Gasteiger partial charge is 0.380 e. The van der Waals surface area contributed by atoms with Gasteiger partial charge in [-0.2, -0.15) is 5.10 Å². The third-order valence-corrected chi connectivity index (χ3v) is 4.02. The average Bonchev–Trinajstić information content (AvgIpc) is 2.95. The molecule has 1 aromatic carbocycles. The van der Waals surface area contributed by atoms with Crippen LogP contribution < -0.4 is 5.32 Å². The van der Waals surface area contributed by atoms with Gasteiger partial charge in [-0.1, -0.05) is 17.7 Å². The number of benzene rings is 1. The lowest BCUT2D eigenvalue weighted by Crippen LogP contribution is -2.36. The van der Waals surface area contributed by atoms with Crippen LogP contribution >= 0.6 is 11.6 Å². The predicted molar refractivity (Wildman–Crippen MR) is 80.5 cm³/mol. The molecule has 0 saturated carbocycles. The van der Waals surface area contributed by atoms with E-state index in [2.05, 4.69) is 27.3 Å². The highest BCUT2D eigenvalue weighted by Crippen LogP contribution is 2.29. The van der Waals surface area contributed by atoms with Crippen LogP contribution in [-0.4, -0.2) is 45.8 Å². The van der Waals surface area contributed by atoms with Crippen molar-refractivity contribution in [3.05, 3.63) is 35.9 Å². The van der Waals surface area contributed by atoms with Gasteiger partial charge in [-0.25, -0.2) is 9.67 Å². The molecule has 106 valence electrons. The molecule has 0 spiro atoms. The lowest BCUT2D eigenvalue weighted by atomic mass is 10.0. The minimum atomic E-state index is 0.479. The normalized spacial score (nSPS) is 17.3. The number of nitrogens with one attached hydrogen (secondary N) is 1. The van der Waals surface area contributed by atoms with Gasteiger partial charge in [-0.15, -0.1) is 0 Å². The first kappa shape index (κ1) is 13.4. The summed E-state index contributed by atoms with van der Waals surface area (Å²) in [7, 11) is 2.16. The number of halogens is 1. The molecule has 1 N–H and O–H groups in total. The fourth-order valence-electron chi connectivity index (χ4n) is 2.56. The number of hydrogen-bond acceptors (Lipinski definition) is 4. The van der Waals surface area contributed by atoms with Crippen LogP contribution in [0.3, 0.4) is 0 Å². The molecule has 1 fully saturated rings. The molecule has 1 aliphatic heterocycles. The van der Waals surface area contributed by atoms with Gasteiger partial charge in [0.05, 0.1) is 10.7 Å². The molecule has 0 aliphatic carbocycles. The molecular weight excluding hydrogens is 274 g/mol. The fourth-order valence-corrected chi connectivity index (χ4v) is 2.82. The van der Waals surface area contributed by atoms with Gasteiger partial charge in [0.1, 0.15) is 18.3 Å². The first-order chi connectivity index (χ1) is 9.74.